The van der Waals surface area contributed by atoms with Crippen LogP contribution in [0, 0.1) is 12.7 Å². The van der Waals surface area contributed by atoms with Crippen molar-refractivity contribution in [1.29, 1.82) is 0 Å². The van der Waals surface area contributed by atoms with Gasteiger partial charge in [-0.2, -0.15) is 0 Å². The summed E-state index contributed by atoms with van der Waals surface area (Å²) in [7, 11) is 0. The molecule has 1 fully saturated rings. The number of aryl methyl sites for hydroxylation is 1. The lowest BCUT2D eigenvalue weighted by atomic mass is 10.1. The van der Waals surface area contributed by atoms with Gasteiger partial charge in [-0.1, -0.05) is 12.1 Å². The lowest BCUT2D eigenvalue weighted by molar-refractivity contribution is 0.0745. The van der Waals surface area contributed by atoms with Crippen LogP contribution in [0.4, 0.5) is 10.3 Å². The molecule has 0 atom stereocenters. The van der Waals surface area contributed by atoms with Crippen LogP contribution in [0.1, 0.15) is 15.9 Å². The Morgan fingerprint density at radius 2 is 1.88 bits per heavy atom. The zero-order valence-electron chi connectivity index (χ0n) is 13.9. The van der Waals surface area contributed by atoms with Crippen molar-refractivity contribution in [2.75, 3.05) is 31.1 Å². The number of carbonyl (C=O) groups is 1. The normalized spacial score (nSPS) is 15.0. The summed E-state index contributed by atoms with van der Waals surface area (Å²) in [4.78, 5) is 16.4. The van der Waals surface area contributed by atoms with Crippen molar-refractivity contribution >= 4 is 17.5 Å². The number of amides is 1. The minimum Gasteiger partial charge on any atom is -0.337 e. The highest BCUT2D eigenvalue weighted by atomic mass is 19.1. The summed E-state index contributed by atoms with van der Waals surface area (Å²) in [6, 6.07) is 10.4. The number of fused-ring (bicyclic) bond motifs is 1. The fourth-order valence-electron chi connectivity index (χ4n) is 3.06. The second kappa shape index (κ2) is 6.16. The quantitative estimate of drug-likeness (QED) is 0.718. The number of piperazine rings is 1. The Labute approximate surface area is 144 Å². The van der Waals surface area contributed by atoms with Gasteiger partial charge in [0.05, 0.1) is 0 Å². The molecular formula is C18H18FN5O. The first-order valence-corrected chi connectivity index (χ1v) is 8.23. The van der Waals surface area contributed by atoms with E-state index in [9.17, 15) is 9.18 Å². The second-order valence-corrected chi connectivity index (χ2v) is 6.17. The third-order valence-electron chi connectivity index (χ3n) is 4.56. The van der Waals surface area contributed by atoms with Gasteiger partial charge in [0.15, 0.2) is 5.65 Å². The van der Waals surface area contributed by atoms with Crippen LogP contribution in [0.25, 0.3) is 5.65 Å². The second-order valence-electron chi connectivity index (χ2n) is 6.17. The monoisotopic (exact) mass is 339 g/mol. The molecule has 25 heavy (non-hydrogen) atoms. The Balaban J connectivity index is 1.47. The van der Waals surface area contributed by atoms with E-state index in [4.69, 9.17) is 0 Å². The zero-order chi connectivity index (χ0) is 17.4. The molecule has 0 spiro atoms. The number of benzene rings is 1. The number of rotatable bonds is 2. The van der Waals surface area contributed by atoms with E-state index in [-0.39, 0.29) is 11.7 Å². The third-order valence-corrected chi connectivity index (χ3v) is 4.56. The Bertz CT molecular complexity index is 930. The SMILES string of the molecule is Cc1ccc(C(=O)N2CCN(c3nnc4ccccn34)CC2)cc1F. The molecule has 0 saturated carbocycles. The number of hydrogen-bond acceptors (Lipinski definition) is 4. The van der Waals surface area contributed by atoms with E-state index in [0.29, 0.717) is 37.3 Å². The van der Waals surface area contributed by atoms with E-state index in [1.54, 1.807) is 24.0 Å². The molecule has 2 aromatic heterocycles. The number of anilines is 1. The molecule has 0 aliphatic carbocycles. The number of pyridine rings is 1. The van der Waals surface area contributed by atoms with Crippen LogP contribution in [0.3, 0.4) is 0 Å². The molecule has 0 N–H and O–H groups in total. The van der Waals surface area contributed by atoms with Crippen LogP contribution in [0.2, 0.25) is 0 Å². The summed E-state index contributed by atoms with van der Waals surface area (Å²) < 4.78 is 15.6. The fraction of sp³-hybridized carbons (Fsp3) is 0.278. The van der Waals surface area contributed by atoms with Gasteiger partial charge >= 0.3 is 0 Å². The summed E-state index contributed by atoms with van der Waals surface area (Å²) in [6.07, 6.45) is 1.93. The topological polar surface area (TPSA) is 53.7 Å². The number of carbonyl (C=O) groups excluding carboxylic acids is 1. The van der Waals surface area contributed by atoms with Gasteiger partial charge in [-0.25, -0.2) is 4.39 Å². The van der Waals surface area contributed by atoms with Gasteiger partial charge in [0, 0.05) is 37.9 Å². The largest absolute Gasteiger partial charge is 0.337 e. The van der Waals surface area contributed by atoms with Gasteiger partial charge in [0.1, 0.15) is 5.82 Å². The van der Waals surface area contributed by atoms with Crippen molar-refractivity contribution in [2.24, 2.45) is 0 Å². The predicted molar refractivity (Wildman–Crippen MR) is 92.2 cm³/mol. The molecule has 4 rings (SSSR count). The number of nitrogens with zero attached hydrogens (tertiary/aromatic N) is 5. The van der Waals surface area contributed by atoms with Gasteiger partial charge in [0.2, 0.25) is 5.95 Å². The highest BCUT2D eigenvalue weighted by molar-refractivity contribution is 5.94. The molecule has 1 aliphatic rings. The molecule has 6 nitrogen and oxygen atoms in total. The van der Waals surface area contributed by atoms with Crippen LogP contribution in [-0.4, -0.2) is 51.6 Å². The van der Waals surface area contributed by atoms with E-state index in [1.807, 2.05) is 28.8 Å². The summed E-state index contributed by atoms with van der Waals surface area (Å²) in [6.45, 7) is 4.14. The van der Waals surface area contributed by atoms with Crippen molar-refractivity contribution in [3.05, 3.63) is 59.5 Å². The average Bonchev–Trinajstić information content (AvgIpc) is 3.08. The highest BCUT2D eigenvalue weighted by Gasteiger charge is 2.24. The van der Waals surface area contributed by atoms with Crippen molar-refractivity contribution in [2.45, 2.75) is 6.92 Å². The number of halogens is 1. The van der Waals surface area contributed by atoms with Gasteiger partial charge in [-0.3, -0.25) is 9.20 Å². The average molecular weight is 339 g/mol. The Morgan fingerprint density at radius 1 is 1.08 bits per heavy atom. The van der Waals surface area contributed by atoms with E-state index in [2.05, 4.69) is 15.1 Å². The molecule has 3 aromatic rings. The van der Waals surface area contributed by atoms with Crippen LogP contribution < -0.4 is 4.90 Å². The van der Waals surface area contributed by atoms with Crippen molar-refractivity contribution in [1.82, 2.24) is 19.5 Å². The lowest BCUT2D eigenvalue weighted by Gasteiger charge is -2.34. The van der Waals surface area contributed by atoms with E-state index >= 15 is 0 Å². The molecule has 3 heterocycles. The maximum absolute atomic E-state index is 13.7. The summed E-state index contributed by atoms with van der Waals surface area (Å²) in [5.41, 5.74) is 1.73. The Morgan fingerprint density at radius 3 is 2.64 bits per heavy atom. The Hall–Kier alpha value is -2.96. The summed E-state index contributed by atoms with van der Waals surface area (Å²) >= 11 is 0. The molecule has 0 unspecified atom stereocenters. The number of aromatic nitrogens is 3. The van der Waals surface area contributed by atoms with Crippen LogP contribution >= 0.6 is 0 Å². The molecule has 0 bridgehead atoms. The third kappa shape index (κ3) is 2.82. The highest BCUT2D eigenvalue weighted by Crippen LogP contribution is 2.17. The first-order valence-electron chi connectivity index (χ1n) is 8.23. The van der Waals surface area contributed by atoms with Crippen molar-refractivity contribution in [3.8, 4) is 0 Å². The molecule has 128 valence electrons. The first kappa shape index (κ1) is 15.6. The Kier molecular flexibility index (Phi) is 3.83. The molecule has 1 aliphatic heterocycles. The van der Waals surface area contributed by atoms with E-state index < -0.39 is 0 Å². The summed E-state index contributed by atoms with van der Waals surface area (Å²) in [5.74, 6) is 0.299. The van der Waals surface area contributed by atoms with Crippen LogP contribution in [0.15, 0.2) is 42.6 Å². The molecule has 1 aromatic carbocycles. The van der Waals surface area contributed by atoms with Gasteiger partial charge in [-0.05, 0) is 36.8 Å². The zero-order valence-corrected chi connectivity index (χ0v) is 13.9. The van der Waals surface area contributed by atoms with Crippen LogP contribution in [-0.2, 0) is 0 Å². The van der Waals surface area contributed by atoms with Crippen molar-refractivity contribution < 1.29 is 9.18 Å². The van der Waals surface area contributed by atoms with Crippen LogP contribution in [0.5, 0.6) is 0 Å². The molecular weight excluding hydrogens is 321 g/mol. The summed E-state index contributed by atoms with van der Waals surface area (Å²) in [5, 5.41) is 8.42. The number of hydrogen-bond donors (Lipinski definition) is 0. The minimum absolute atomic E-state index is 0.135. The van der Waals surface area contributed by atoms with Gasteiger partial charge in [0.25, 0.3) is 5.91 Å². The van der Waals surface area contributed by atoms with Crippen molar-refractivity contribution in [3.63, 3.8) is 0 Å². The maximum Gasteiger partial charge on any atom is 0.254 e. The molecule has 1 amide bonds. The minimum atomic E-state index is -0.348. The van der Waals surface area contributed by atoms with Gasteiger partial charge in [-0.15, -0.1) is 10.2 Å². The standard InChI is InChI=1S/C18H18FN5O/c1-13-5-6-14(12-15(13)19)17(25)22-8-10-23(11-9-22)18-21-20-16-4-2-3-7-24(16)18/h2-7,12H,8-11H2,1H3. The molecule has 1 saturated heterocycles. The van der Waals surface area contributed by atoms with E-state index in [0.717, 1.165) is 11.6 Å². The molecule has 7 heteroatoms. The maximum atomic E-state index is 13.7. The fourth-order valence-corrected chi connectivity index (χ4v) is 3.06. The van der Waals surface area contributed by atoms with E-state index in [1.165, 1.54) is 6.07 Å². The smallest absolute Gasteiger partial charge is 0.254 e. The molecule has 0 radical (unpaired) electrons. The first-order chi connectivity index (χ1) is 12.1. The predicted octanol–water partition coefficient (Wildman–Crippen LogP) is 2.14. The lowest BCUT2D eigenvalue weighted by Crippen LogP contribution is -2.49. The van der Waals surface area contributed by atoms with Gasteiger partial charge < -0.3 is 9.80 Å².